The zero-order chi connectivity index (χ0) is 45.9. The molecule has 0 N–H and O–H groups in total. The molecule has 0 atom stereocenters. The van der Waals surface area contributed by atoms with Crippen molar-refractivity contribution < 1.29 is 23.5 Å². The molecule has 7 aromatic carbocycles. The van der Waals surface area contributed by atoms with Gasteiger partial charge in [0.15, 0.2) is 0 Å². The van der Waals surface area contributed by atoms with Crippen molar-refractivity contribution in [1.82, 2.24) is 0 Å². The molecule has 0 spiro atoms. The van der Waals surface area contributed by atoms with Crippen molar-refractivity contribution in [2.24, 2.45) is 5.41 Å². The van der Waals surface area contributed by atoms with E-state index in [2.05, 4.69) is 143 Å². The molecular weight excluding hydrogens is 819 g/mol. The van der Waals surface area contributed by atoms with Crippen LogP contribution in [0.5, 0.6) is 5.75 Å². The second-order valence-electron chi connectivity index (χ2n) is 16.7. The fourth-order valence-electron chi connectivity index (χ4n) is 7.85. The first kappa shape index (κ1) is 44.5. The lowest BCUT2D eigenvalue weighted by Crippen LogP contribution is -2.40. The van der Waals surface area contributed by atoms with Crippen LogP contribution in [-0.4, -0.2) is 25.0 Å². The first-order chi connectivity index (χ1) is 32.1. The maximum absolute atomic E-state index is 13.6. The van der Waals surface area contributed by atoms with E-state index in [9.17, 15) is 9.59 Å². The molecule has 0 bridgehead atoms. The summed E-state index contributed by atoms with van der Waals surface area (Å²) in [5.74, 6) is 0.183. The monoisotopic (exact) mass is 871 g/mol. The number of benzene rings is 7. The minimum absolute atomic E-state index is 0.149. The summed E-state index contributed by atoms with van der Waals surface area (Å²) in [5.41, 5.74) is 10.8. The molecule has 0 aliphatic heterocycles. The van der Waals surface area contributed by atoms with E-state index < -0.39 is 11.4 Å². The second kappa shape index (κ2) is 20.6. The lowest BCUT2D eigenvalue weighted by molar-refractivity contribution is -0.154. The molecule has 0 fully saturated rings. The van der Waals surface area contributed by atoms with Crippen LogP contribution in [0.4, 0.5) is 39.8 Å². The maximum atomic E-state index is 13.6. The Morgan fingerprint density at radius 2 is 1.09 bits per heavy atom. The molecule has 0 unspecified atom stereocenters. The topological polar surface area (TPSA) is 75.5 Å². The van der Waals surface area contributed by atoms with Crippen molar-refractivity contribution in [3.63, 3.8) is 0 Å². The zero-order valence-corrected chi connectivity index (χ0v) is 37.7. The lowest BCUT2D eigenvalue weighted by atomic mass is 9.92. The van der Waals surface area contributed by atoms with E-state index in [0.717, 1.165) is 56.5 Å². The third kappa shape index (κ3) is 11.0. The van der Waals surface area contributed by atoms with Gasteiger partial charge in [0.1, 0.15) is 18.1 Å². The number of nitrogens with zero attached hydrogens (tertiary/aromatic N) is 3. The third-order valence-corrected chi connectivity index (χ3v) is 11.3. The van der Waals surface area contributed by atoms with Gasteiger partial charge in [-0.3, -0.25) is 4.79 Å². The zero-order valence-electron chi connectivity index (χ0n) is 37.7. The van der Waals surface area contributed by atoms with Crippen molar-refractivity contribution in [3.05, 3.63) is 223 Å². The Bertz CT molecular complexity index is 2840. The fraction of sp³-hybridized carbons (Fsp3) is 0.138. The number of hydrogen-bond acceptors (Lipinski definition) is 8. The van der Waals surface area contributed by atoms with Crippen LogP contribution in [0.25, 0.3) is 17.2 Å². The van der Waals surface area contributed by atoms with Gasteiger partial charge in [-0.25, -0.2) is 4.79 Å². The van der Waals surface area contributed by atoms with E-state index in [-0.39, 0.29) is 12.6 Å². The van der Waals surface area contributed by atoms with Crippen molar-refractivity contribution in [2.75, 3.05) is 27.8 Å². The Labute approximate surface area is 387 Å². The van der Waals surface area contributed by atoms with Gasteiger partial charge in [0.25, 0.3) is 0 Å². The highest BCUT2D eigenvalue weighted by Gasteiger charge is 2.32. The number of carbonyl (C=O) groups is 2. The van der Waals surface area contributed by atoms with Crippen LogP contribution in [0.3, 0.4) is 0 Å². The average Bonchev–Trinajstić information content (AvgIpc) is 3.88. The lowest BCUT2D eigenvalue weighted by Gasteiger charge is -2.32. The standard InChI is InChI=1S/C58H53N3O5/c1-5-59(47-33-35-55(36-34-47)66-56(62)38-37-54-20-13-39-64-54)42-58(3,4)57(63)65-41-44-21-27-50(28-22-44)60(48-15-8-6-9-16-48)51-29-23-45(24-30-51)46-25-31-52(32-26-46)61(49-17-10-7-11-18-49)53-19-12-14-43(2)40-53/h6-40H,5,41-42H2,1-4H3/b38-37+. The van der Waals surface area contributed by atoms with E-state index in [1.807, 2.05) is 69.3 Å². The van der Waals surface area contributed by atoms with E-state index >= 15 is 0 Å². The fourth-order valence-corrected chi connectivity index (χ4v) is 7.85. The molecular formula is C58H53N3O5. The maximum Gasteiger partial charge on any atom is 0.336 e. The molecule has 8 aromatic rings. The van der Waals surface area contributed by atoms with E-state index in [4.69, 9.17) is 13.9 Å². The SMILES string of the molecule is CCN(CC(C)(C)C(=O)OCc1ccc(N(c2ccccc2)c2ccc(-c3ccc(N(c4ccccc4)c4cccc(C)c4)cc3)cc2)cc1)c1ccc(OC(=O)/C=C/c2ccco2)cc1. The molecule has 1 aromatic heterocycles. The molecule has 8 nitrogen and oxygen atoms in total. The quantitative estimate of drug-likeness (QED) is 0.0509. The third-order valence-electron chi connectivity index (χ3n) is 11.3. The van der Waals surface area contributed by atoms with Gasteiger partial charge in [0.05, 0.1) is 11.7 Å². The Morgan fingerprint density at radius 1 is 0.576 bits per heavy atom. The van der Waals surface area contributed by atoms with Gasteiger partial charge in [-0.15, -0.1) is 0 Å². The summed E-state index contributed by atoms with van der Waals surface area (Å²) in [6, 6.07) is 65.6. The molecule has 0 amide bonds. The number of para-hydroxylation sites is 2. The van der Waals surface area contributed by atoms with Crippen LogP contribution in [0, 0.1) is 12.3 Å². The van der Waals surface area contributed by atoms with Crippen LogP contribution >= 0.6 is 0 Å². The number of aryl methyl sites for hydroxylation is 1. The van der Waals surface area contributed by atoms with Gasteiger partial charge < -0.3 is 28.6 Å². The summed E-state index contributed by atoms with van der Waals surface area (Å²) in [7, 11) is 0. The molecule has 0 saturated heterocycles. The minimum Gasteiger partial charge on any atom is -0.465 e. The number of anilines is 7. The predicted molar refractivity (Wildman–Crippen MR) is 267 cm³/mol. The number of furan rings is 1. The normalized spacial score (nSPS) is 11.3. The van der Waals surface area contributed by atoms with Crippen LogP contribution in [-0.2, 0) is 20.9 Å². The predicted octanol–water partition coefficient (Wildman–Crippen LogP) is 14.4. The minimum atomic E-state index is -0.806. The summed E-state index contributed by atoms with van der Waals surface area (Å²) < 4.78 is 16.6. The number of hydrogen-bond donors (Lipinski definition) is 0. The smallest absolute Gasteiger partial charge is 0.336 e. The first-order valence-electron chi connectivity index (χ1n) is 22.2. The Morgan fingerprint density at radius 3 is 1.62 bits per heavy atom. The molecule has 1 heterocycles. The van der Waals surface area contributed by atoms with Crippen LogP contribution in [0.1, 0.15) is 37.7 Å². The number of ether oxygens (including phenoxy) is 2. The van der Waals surface area contributed by atoms with Gasteiger partial charge >= 0.3 is 11.9 Å². The van der Waals surface area contributed by atoms with Gasteiger partial charge in [-0.2, -0.15) is 0 Å². The molecule has 8 heteroatoms. The highest BCUT2D eigenvalue weighted by atomic mass is 16.5. The molecule has 8 rings (SSSR count). The van der Waals surface area contributed by atoms with Gasteiger partial charge in [0.2, 0.25) is 0 Å². The summed E-state index contributed by atoms with van der Waals surface area (Å²) in [6.07, 6.45) is 4.42. The number of carbonyl (C=O) groups excluding carboxylic acids is 2. The molecule has 0 saturated carbocycles. The van der Waals surface area contributed by atoms with Crippen molar-refractivity contribution >= 4 is 57.8 Å². The van der Waals surface area contributed by atoms with Crippen molar-refractivity contribution in [1.29, 1.82) is 0 Å². The van der Waals surface area contributed by atoms with E-state index in [1.54, 1.807) is 30.3 Å². The molecule has 330 valence electrons. The molecule has 0 aliphatic rings. The largest absolute Gasteiger partial charge is 0.465 e. The Kier molecular flexibility index (Phi) is 13.9. The molecule has 0 aliphatic carbocycles. The van der Waals surface area contributed by atoms with Gasteiger partial charge in [0, 0.05) is 59.0 Å². The Balaban J connectivity index is 0.909. The average molecular weight is 872 g/mol. The molecule has 0 radical (unpaired) electrons. The van der Waals surface area contributed by atoms with Crippen LogP contribution in [0.2, 0.25) is 0 Å². The number of esters is 2. The van der Waals surface area contributed by atoms with Crippen molar-refractivity contribution in [3.8, 4) is 16.9 Å². The first-order valence-corrected chi connectivity index (χ1v) is 22.2. The Hall–Kier alpha value is -8.10. The summed E-state index contributed by atoms with van der Waals surface area (Å²) in [4.78, 5) is 32.5. The highest BCUT2D eigenvalue weighted by Crippen LogP contribution is 2.38. The molecule has 66 heavy (non-hydrogen) atoms. The summed E-state index contributed by atoms with van der Waals surface area (Å²) >= 11 is 0. The second-order valence-corrected chi connectivity index (χ2v) is 16.7. The van der Waals surface area contributed by atoms with Crippen LogP contribution in [0.15, 0.2) is 211 Å². The van der Waals surface area contributed by atoms with Gasteiger partial charge in [-0.1, -0.05) is 84.9 Å². The van der Waals surface area contributed by atoms with Gasteiger partial charge in [-0.05, 0) is 165 Å². The summed E-state index contributed by atoms with van der Waals surface area (Å²) in [5, 5.41) is 0. The number of rotatable bonds is 17. The van der Waals surface area contributed by atoms with E-state index in [1.165, 1.54) is 17.9 Å². The van der Waals surface area contributed by atoms with E-state index in [0.29, 0.717) is 24.6 Å². The van der Waals surface area contributed by atoms with Crippen LogP contribution < -0.4 is 19.4 Å². The van der Waals surface area contributed by atoms with Crippen molar-refractivity contribution in [2.45, 2.75) is 34.3 Å². The highest BCUT2D eigenvalue weighted by molar-refractivity contribution is 5.88. The summed E-state index contributed by atoms with van der Waals surface area (Å²) in [6.45, 7) is 9.20.